The number of rotatable bonds is 3. The number of aromatic nitrogens is 2. The SMILES string of the molecule is COC1(C)CCCN(c2nccnc2CN)C1. The minimum atomic E-state index is -0.0956. The van der Waals surface area contributed by atoms with Crippen LogP contribution in [0.4, 0.5) is 5.82 Å². The minimum Gasteiger partial charge on any atom is -0.377 e. The van der Waals surface area contributed by atoms with Gasteiger partial charge in [-0.15, -0.1) is 0 Å². The molecule has 1 fully saturated rings. The monoisotopic (exact) mass is 236 g/mol. The van der Waals surface area contributed by atoms with Gasteiger partial charge in [0.2, 0.25) is 0 Å². The summed E-state index contributed by atoms with van der Waals surface area (Å²) >= 11 is 0. The van der Waals surface area contributed by atoms with Gasteiger partial charge in [0.05, 0.1) is 11.3 Å². The number of anilines is 1. The fraction of sp³-hybridized carbons (Fsp3) is 0.667. The van der Waals surface area contributed by atoms with Gasteiger partial charge in [0.1, 0.15) is 0 Å². The Balaban J connectivity index is 2.22. The maximum Gasteiger partial charge on any atom is 0.151 e. The number of nitrogens with zero attached hydrogens (tertiary/aromatic N) is 3. The first-order valence-corrected chi connectivity index (χ1v) is 5.98. The van der Waals surface area contributed by atoms with Gasteiger partial charge in [-0.3, -0.25) is 4.98 Å². The first-order chi connectivity index (χ1) is 8.18. The highest BCUT2D eigenvalue weighted by molar-refractivity contribution is 5.44. The largest absolute Gasteiger partial charge is 0.377 e. The summed E-state index contributed by atoms with van der Waals surface area (Å²) < 4.78 is 5.58. The third-order valence-corrected chi connectivity index (χ3v) is 3.40. The van der Waals surface area contributed by atoms with Crippen LogP contribution in [0.15, 0.2) is 12.4 Å². The minimum absolute atomic E-state index is 0.0956. The number of methoxy groups -OCH3 is 1. The lowest BCUT2D eigenvalue weighted by Gasteiger charge is -2.40. The van der Waals surface area contributed by atoms with Crippen molar-refractivity contribution in [1.29, 1.82) is 0 Å². The fourth-order valence-electron chi connectivity index (χ4n) is 2.32. The summed E-state index contributed by atoms with van der Waals surface area (Å²) in [7, 11) is 1.77. The van der Waals surface area contributed by atoms with Gasteiger partial charge in [0, 0.05) is 39.1 Å². The molecule has 0 aromatic carbocycles. The van der Waals surface area contributed by atoms with Crippen molar-refractivity contribution in [1.82, 2.24) is 9.97 Å². The Morgan fingerprint density at radius 1 is 1.47 bits per heavy atom. The molecule has 2 N–H and O–H groups in total. The predicted molar refractivity (Wildman–Crippen MR) is 66.8 cm³/mol. The van der Waals surface area contributed by atoms with E-state index in [9.17, 15) is 0 Å². The first kappa shape index (κ1) is 12.3. The van der Waals surface area contributed by atoms with E-state index >= 15 is 0 Å². The van der Waals surface area contributed by atoms with Gasteiger partial charge in [0.25, 0.3) is 0 Å². The van der Waals surface area contributed by atoms with E-state index in [1.165, 1.54) is 0 Å². The van der Waals surface area contributed by atoms with E-state index in [1.807, 2.05) is 0 Å². The van der Waals surface area contributed by atoms with Crippen molar-refractivity contribution >= 4 is 5.82 Å². The molecule has 1 aromatic rings. The number of ether oxygens (including phenoxy) is 1. The van der Waals surface area contributed by atoms with Crippen LogP contribution in [0.5, 0.6) is 0 Å². The molecule has 5 nitrogen and oxygen atoms in total. The molecule has 2 heterocycles. The van der Waals surface area contributed by atoms with E-state index in [0.29, 0.717) is 6.54 Å². The molecule has 0 radical (unpaired) electrons. The van der Waals surface area contributed by atoms with Crippen molar-refractivity contribution < 1.29 is 4.74 Å². The van der Waals surface area contributed by atoms with Crippen LogP contribution < -0.4 is 10.6 Å². The van der Waals surface area contributed by atoms with Crippen LogP contribution in [-0.4, -0.2) is 35.8 Å². The normalized spacial score (nSPS) is 25.0. The second-order valence-corrected chi connectivity index (χ2v) is 4.71. The van der Waals surface area contributed by atoms with Gasteiger partial charge in [0.15, 0.2) is 5.82 Å². The second-order valence-electron chi connectivity index (χ2n) is 4.71. The van der Waals surface area contributed by atoms with E-state index < -0.39 is 0 Å². The lowest BCUT2D eigenvalue weighted by Crippen LogP contribution is -2.48. The number of hydrogen-bond acceptors (Lipinski definition) is 5. The Labute approximate surface area is 102 Å². The van der Waals surface area contributed by atoms with E-state index in [4.69, 9.17) is 10.5 Å². The Morgan fingerprint density at radius 3 is 2.94 bits per heavy atom. The molecule has 1 unspecified atom stereocenters. The smallest absolute Gasteiger partial charge is 0.151 e. The third-order valence-electron chi connectivity index (χ3n) is 3.40. The van der Waals surface area contributed by atoms with Gasteiger partial charge in [-0.05, 0) is 19.8 Å². The van der Waals surface area contributed by atoms with Crippen molar-refractivity contribution in [2.75, 3.05) is 25.1 Å². The van der Waals surface area contributed by atoms with Crippen molar-refractivity contribution in [2.24, 2.45) is 5.73 Å². The van der Waals surface area contributed by atoms with E-state index in [1.54, 1.807) is 19.5 Å². The van der Waals surface area contributed by atoms with Crippen LogP contribution in [-0.2, 0) is 11.3 Å². The highest BCUT2D eigenvalue weighted by Gasteiger charge is 2.32. The lowest BCUT2D eigenvalue weighted by atomic mass is 9.94. The van der Waals surface area contributed by atoms with Crippen molar-refractivity contribution in [3.05, 3.63) is 18.1 Å². The highest BCUT2D eigenvalue weighted by atomic mass is 16.5. The van der Waals surface area contributed by atoms with E-state index in [2.05, 4.69) is 21.8 Å². The van der Waals surface area contributed by atoms with Gasteiger partial charge in [-0.2, -0.15) is 0 Å². The fourth-order valence-corrected chi connectivity index (χ4v) is 2.32. The average Bonchev–Trinajstić information content (AvgIpc) is 2.39. The molecule has 1 aromatic heterocycles. The average molecular weight is 236 g/mol. The zero-order valence-electron chi connectivity index (χ0n) is 10.5. The summed E-state index contributed by atoms with van der Waals surface area (Å²) in [4.78, 5) is 10.9. The standard InChI is InChI=1S/C12H20N4O/c1-12(17-2)4-3-7-16(9-12)11-10(8-13)14-5-6-15-11/h5-6H,3-4,7-9,13H2,1-2H3. The molecule has 17 heavy (non-hydrogen) atoms. The molecular weight excluding hydrogens is 216 g/mol. The molecule has 2 rings (SSSR count). The molecular formula is C12H20N4O. The first-order valence-electron chi connectivity index (χ1n) is 5.98. The molecule has 1 aliphatic rings. The highest BCUT2D eigenvalue weighted by Crippen LogP contribution is 2.27. The molecule has 0 spiro atoms. The zero-order valence-corrected chi connectivity index (χ0v) is 10.5. The summed E-state index contributed by atoms with van der Waals surface area (Å²) in [5.41, 5.74) is 6.46. The summed E-state index contributed by atoms with van der Waals surface area (Å²) in [6, 6.07) is 0. The summed E-state index contributed by atoms with van der Waals surface area (Å²) in [6.45, 7) is 4.39. The zero-order chi connectivity index (χ0) is 12.3. The van der Waals surface area contributed by atoms with Crippen LogP contribution in [0.3, 0.4) is 0 Å². The van der Waals surface area contributed by atoms with Crippen LogP contribution in [0, 0.1) is 0 Å². The van der Waals surface area contributed by atoms with Gasteiger partial charge < -0.3 is 15.4 Å². The van der Waals surface area contributed by atoms with Gasteiger partial charge >= 0.3 is 0 Å². The van der Waals surface area contributed by atoms with Crippen LogP contribution in [0.2, 0.25) is 0 Å². The molecule has 0 amide bonds. The summed E-state index contributed by atoms with van der Waals surface area (Å²) in [5.74, 6) is 0.901. The molecule has 1 atom stereocenters. The van der Waals surface area contributed by atoms with Crippen LogP contribution in [0.25, 0.3) is 0 Å². The maximum atomic E-state index is 5.70. The van der Waals surface area contributed by atoms with E-state index in [0.717, 1.165) is 37.4 Å². The van der Waals surface area contributed by atoms with Crippen LogP contribution >= 0.6 is 0 Å². The predicted octanol–water partition coefficient (Wildman–Crippen LogP) is 0.941. The number of piperidine rings is 1. The topological polar surface area (TPSA) is 64.3 Å². The Bertz CT molecular complexity index is 385. The van der Waals surface area contributed by atoms with Gasteiger partial charge in [-0.1, -0.05) is 0 Å². The molecule has 0 bridgehead atoms. The quantitative estimate of drug-likeness (QED) is 0.846. The molecule has 94 valence electrons. The molecule has 1 saturated heterocycles. The lowest BCUT2D eigenvalue weighted by molar-refractivity contribution is -0.00486. The van der Waals surface area contributed by atoms with Gasteiger partial charge in [-0.25, -0.2) is 4.98 Å². The molecule has 1 aliphatic heterocycles. The molecule has 5 heteroatoms. The van der Waals surface area contributed by atoms with Crippen molar-refractivity contribution in [2.45, 2.75) is 31.9 Å². The summed E-state index contributed by atoms with van der Waals surface area (Å²) in [6.07, 6.45) is 5.58. The maximum absolute atomic E-state index is 5.70. The third kappa shape index (κ3) is 2.56. The second kappa shape index (κ2) is 4.98. The van der Waals surface area contributed by atoms with Crippen molar-refractivity contribution in [3.63, 3.8) is 0 Å². The van der Waals surface area contributed by atoms with E-state index in [-0.39, 0.29) is 5.60 Å². The molecule has 0 saturated carbocycles. The van der Waals surface area contributed by atoms with Crippen LogP contribution in [0.1, 0.15) is 25.5 Å². The Kier molecular flexibility index (Phi) is 3.59. The Morgan fingerprint density at radius 2 is 2.24 bits per heavy atom. The Hall–Kier alpha value is -1.20. The summed E-state index contributed by atoms with van der Waals surface area (Å²) in [5, 5.41) is 0. The van der Waals surface area contributed by atoms with Crippen molar-refractivity contribution in [3.8, 4) is 0 Å². The number of hydrogen-bond donors (Lipinski definition) is 1. The number of nitrogens with two attached hydrogens (primary N) is 1. The molecule has 0 aliphatic carbocycles.